The fourth-order valence-electron chi connectivity index (χ4n) is 3.57. The van der Waals surface area contributed by atoms with Gasteiger partial charge in [0, 0.05) is 24.7 Å². The molecular weight excluding hydrogens is 268 g/mol. The molecule has 6 nitrogen and oxygen atoms in total. The molecule has 0 spiro atoms. The number of aromatic amines is 1. The van der Waals surface area contributed by atoms with Crippen LogP contribution in [0.2, 0.25) is 0 Å². The third kappa shape index (κ3) is 2.36. The van der Waals surface area contributed by atoms with Crippen LogP contribution in [0.25, 0.3) is 0 Å². The first kappa shape index (κ1) is 13.3. The Morgan fingerprint density at radius 1 is 1.14 bits per heavy atom. The van der Waals surface area contributed by atoms with Gasteiger partial charge >= 0.3 is 0 Å². The molecule has 4 heterocycles. The van der Waals surface area contributed by atoms with Crippen molar-refractivity contribution < 1.29 is 9.53 Å². The van der Waals surface area contributed by atoms with E-state index in [2.05, 4.69) is 15.1 Å². The summed E-state index contributed by atoms with van der Waals surface area (Å²) in [7, 11) is 0. The Labute approximate surface area is 124 Å². The van der Waals surface area contributed by atoms with Crippen molar-refractivity contribution in [1.29, 1.82) is 0 Å². The quantitative estimate of drug-likeness (QED) is 0.887. The zero-order valence-electron chi connectivity index (χ0n) is 12.3. The molecule has 0 aliphatic carbocycles. The molecule has 1 aromatic heterocycles. The van der Waals surface area contributed by atoms with E-state index >= 15 is 0 Å². The van der Waals surface area contributed by atoms with Crippen LogP contribution in [0.1, 0.15) is 47.4 Å². The smallest absolute Gasteiger partial charge is 0.274 e. The van der Waals surface area contributed by atoms with Crippen LogP contribution < -0.4 is 0 Å². The minimum absolute atomic E-state index is 0.0593. The van der Waals surface area contributed by atoms with Crippen LogP contribution >= 0.6 is 0 Å². The zero-order valence-corrected chi connectivity index (χ0v) is 12.3. The van der Waals surface area contributed by atoms with Gasteiger partial charge in [-0.25, -0.2) is 0 Å². The van der Waals surface area contributed by atoms with Gasteiger partial charge in [0.1, 0.15) is 0 Å². The van der Waals surface area contributed by atoms with Gasteiger partial charge in [0.25, 0.3) is 5.91 Å². The van der Waals surface area contributed by atoms with E-state index in [-0.39, 0.29) is 5.91 Å². The van der Waals surface area contributed by atoms with E-state index in [0.717, 1.165) is 24.3 Å². The molecule has 0 unspecified atom stereocenters. The summed E-state index contributed by atoms with van der Waals surface area (Å²) in [5.74, 6) is 0.0593. The molecule has 4 rings (SSSR count). The molecule has 0 atom stereocenters. The van der Waals surface area contributed by atoms with Crippen LogP contribution in [-0.2, 0) is 18.0 Å². The molecule has 3 aliphatic heterocycles. The summed E-state index contributed by atoms with van der Waals surface area (Å²) in [4.78, 5) is 17.0. The van der Waals surface area contributed by atoms with Gasteiger partial charge in [-0.3, -0.25) is 14.8 Å². The minimum atomic E-state index is 0.0593. The number of hydrogen-bond donors (Lipinski definition) is 1. The van der Waals surface area contributed by atoms with Gasteiger partial charge in [-0.2, -0.15) is 5.10 Å². The topological polar surface area (TPSA) is 61.5 Å². The number of carbonyl (C=O) groups is 1. The maximum Gasteiger partial charge on any atom is 0.274 e. The van der Waals surface area contributed by atoms with Crippen LogP contribution in [0.15, 0.2) is 0 Å². The standard InChI is InChI=1S/C15H22N4O2/c20-15(14-12-9-21-10-13(12)16-17-14)19-7-11(8-19)18-5-3-1-2-4-6-18/h11H,1-10H2,(H,16,17). The van der Waals surface area contributed by atoms with Crippen LogP contribution in [0.3, 0.4) is 0 Å². The van der Waals surface area contributed by atoms with E-state index in [0.29, 0.717) is 24.9 Å². The van der Waals surface area contributed by atoms with Gasteiger partial charge in [0.15, 0.2) is 5.69 Å². The number of H-pyrrole nitrogens is 1. The lowest BCUT2D eigenvalue weighted by Crippen LogP contribution is -2.61. The second kappa shape index (κ2) is 5.42. The molecule has 2 saturated heterocycles. The van der Waals surface area contributed by atoms with Gasteiger partial charge in [0.2, 0.25) is 0 Å². The molecular formula is C15H22N4O2. The fourth-order valence-corrected chi connectivity index (χ4v) is 3.57. The summed E-state index contributed by atoms with van der Waals surface area (Å²) in [5, 5.41) is 7.10. The normalized spacial score (nSPS) is 23.7. The Bertz CT molecular complexity index is 528. The maximum atomic E-state index is 12.5. The van der Waals surface area contributed by atoms with Gasteiger partial charge in [-0.05, 0) is 25.9 Å². The van der Waals surface area contributed by atoms with Crippen molar-refractivity contribution in [2.45, 2.75) is 44.9 Å². The average Bonchev–Trinajstić information content (AvgIpc) is 2.93. The van der Waals surface area contributed by atoms with Crippen molar-refractivity contribution in [1.82, 2.24) is 20.0 Å². The molecule has 0 saturated carbocycles. The number of carbonyl (C=O) groups excluding carboxylic acids is 1. The third-order valence-corrected chi connectivity index (χ3v) is 4.95. The summed E-state index contributed by atoms with van der Waals surface area (Å²) < 4.78 is 5.36. The molecule has 2 fully saturated rings. The lowest BCUT2D eigenvalue weighted by molar-refractivity contribution is 0.0266. The Balaban J connectivity index is 1.37. The lowest BCUT2D eigenvalue weighted by Gasteiger charge is -2.45. The monoisotopic (exact) mass is 290 g/mol. The largest absolute Gasteiger partial charge is 0.370 e. The van der Waals surface area contributed by atoms with E-state index in [1.54, 1.807) is 0 Å². The second-order valence-corrected chi connectivity index (χ2v) is 6.34. The number of ether oxygens (including phenoxy) is 1. The summed E-state index contributed by atoms with van der Waals surface area (Å²) >= 11 is 0. The molecule has 6 heteroatoms. The molecule has 0 bridgehead atoms. The highest BCUT2D eigenvalue weighted by atomic mass is 16.5. The summed E-state index contributed by atoms with van der Waals surface area (Å²) in [6, 6.07) is 0.551. The van der Waals surface area contributed by atoms with Crippen molar-refractivity contribution >= 4 is 5.91 Å². The number of likely N-dealkylation sites (tertiary alicyclic amines) is 2. The molecule has 1 amide bonds. The highest BCUT2D eigenvalue weighted by molar-refractivity contribution is 5.94. The van der Waals surface area contributed by atoms with E-state index < -0.39 is 0 Å². The Kier molecular flexibility index (Phi) is 3.43. The number of aromatic nitrogens is 2. The van der Waals surface area contributed by atoms with E-state index in [9.17, 15) is 4.79 Å². The minimum Gasteiger partial charge on any atom is -0.370 e. The molecule has 114 valence electrons. The first-order valence-electron chi connectivity index (χ1n) is 8.00. The van der Waals surface area contributed by atoms with Crippen molar-refractivity contribution in [2.24, 2.45) is 0 Å². The lowest BCUT2D eigenvalue weighted by atomic mass is 10.0. The number of fused-ring (bicyclic) bond motifs is 1. The molecule has 0 aromatic carbocycles. The molecule has 1 aromatic rings. The second-order valence-electron chi connectivity index (χ2n) is 6.34. The highest BCUT2D eigenvalue weighted by Gasteiger charge is 2.37. The van der Waals surface area contributed by atoms with Gasteiger partial charge in [-0.1, -0.05) is 12.8 Å². The Hall–Kier alpha value is -1.40. The van der Waals surface area contributed by atoms with E-state index in [1.165, 1.54) is 38.8 Å². The van der Waals surface area contributed by atoms with Crippen LogP contribution in [0.5, 0.6) is 0 Å². The van der Waals surface area contributed by atoms with Crippen molar-refractivity contribution in [3.8, 4) is 0 Å². The number of nitrogens with one attached hydrogen (secondary N) is 1. The zero-order chi connectivity index (χ0) is 14.2. The van der Waals surface area contributed by atoms with Crippen LogP contribution in [0.4, 0.5) is 0 Å². The van der Waals surface area contributed by atoms with Crippen molar-refractivity contribution in [2.75, 3.05) is 26.2 Å². The van der Waals surface area contributed by atoms with Crippen molar-refractivity contribution in [3.05, 3.63) is 17.0 Å². The number of rotatable bonds is 2. The SMILES string of the molecule is O=C(c1n[nH]c2c1COC2)N1CC(N2CCCCCC2)C1. The number of hydrogen-bond acceptors (Lipinski definition) is 4. The Morgan fingerprint density at radius 3 is 2.67 bits per heavy atom. The van der Waals surface area contributed by atoms with Crippen LogP contribution in [0, 0.1) is 0 Å². The predicted octanol–water partition coefficient (Wildman–Crippen LogP) is 1.14. The molecule has 3 aliphatic rings. The highest BCUT2D eigenvalue weighted by Crippen LogP contribution is 2.25. The van der Waals surface area contributed by atoms with Gasteiger partial charge < -0.3 is 9.64 Å². The maximum absolute atomic E-state index is 12.5. The summed E-state index contributed by atoms with van der Waals surface area (Å²) in [6.07, 6.45) is 5.31. The predicted molar refractivity (Wildman–Crippen MR) is 76.8 cm³/mol. The molecule has 0 radical (unpaired) electrons. The van der Waals surface area contributed by atoms with Gasteiger partial charge in [-0.15, -0.1) is 0 Å². The first-order chi connectivity index (χ1) is 10.3. The van der Waals surface area contributed by atoms with E-state index in [1.807, 2.05) is 4.90 Å². The van der Waals surface area contributed by atoms with E-state index in [4.69, 9.17) is 4.74 Å². The summed E-state index contributed by atoms with van der Waals surface area (Å²) in [6.45, 7) is 5.14. The van der Waals surface area contributed by atoms with Crippen molar-refractivity contribution in [3.63, 3.8) is 0 Å². The number of amides is 1. The first-order valence-corrected chi connectivity index (χ1v) is 8.00. The van der Waals surface area contributed by atoms with Gasteiger partial charge in [0.05, 0.1) is 18.9 Å². The third-order valence-electron chi connectivity index (χ3n) is 4.95. The molecule has 1 N–H and O–H groups in total. The summed E-state index contributed by atoms with van der Waals surface area (Å²) in [5.41, 5.74) is 2.48. The number of nitrogens with zero attached hydrogens (tertiary/aromatic N) is 3. The molecule has 21 heavy (non-hydrogen) atoms. The average molecular weight is 290 g/mol. The van der Waals surface area contributed by atoms with Crippen LogP contribution in [-0.4, -0.2) is 58.1 Å². The Morgan fingerprint density at radius 2 is 1.90 bits per heavy atom. The fraction of sp³-hybridized carbons (Fsp3) is 0.733.